The second kappa shape index (κ2) is 16.2. The first-order chi connectivity index (χ1) is 21.6. The number of carbonyl (C=O) groups is 3. The predicted molar refractivity (Wildman–Crippen MR) is 173 cm³/mol. The molecular weight excluding hydrogens is 642 g/mol. The van der Waals surface area contributed by atoms with Gasteiger partial charge in [0, 0.05) is 72.1 Å². The van der Waals surface area contributed by atoms with Gasteiger partial charge in [-0.2, -0.15) is 0 Å². The van der Waals surface area contributed by atoms with Crippen molar-refractivity contribution in [3.63, 3.8) is 0 Å². The summed E-state index contributed by atoms with van der Waals surface area (Å²) in [5, 5.41) is 9.21. The summed E-state index contributed by atoms with van der Waals surface area (Å²) < 4.78 is 66.9. The van der Waals surface area contributed by atoms with Crippen molar-refractivity contribution in [2.75, 3.05) is 65.9 Å². The van der Waals surface area contributed by atoms with Gasteiger partial charge in [-0.05, 0) is 18.9 Å². The highest BCUT2D eigenvalue weighted by Crippen LogP contribution is 2.44. The lowest BCUT2D eigenvalue weighted by atomic mass is 10.1. The quantitative estimate of drug-likeness (QED) is 0.140. The molecule has 0 bridgehead atoms. The second-order valence-corrected chi connectivity index (χ2v) is 15.4. The van der Waals surface area contributed by atoms with E-state index < -0.39 is 38.0 Å². The van der Waals surface area contributed by atoms with E-state index in [0.29, 0.717) is 30.0 Å². The summed E-state index contributed by atoms with van der Waals surface area (Å²) in [6.07, 6.45) is -0.0517. The smallest absolute Gasteiger partial charge is 0.412 e. The standard InChI is InChI=1S/C29H41N5O10S2/c1-20(35)24-19-23-25(43-29(37)32-15-14-30-16-18-46(40,41)34(4)5)21-11-7-8-12-22(21)26(27(23)42-24)44-28(36)31-13-9-6-10-17-45(38,39)33(2)3/h7-8,11-12,19,30H,6,9-10,13-18H2,1-5H3,(H,31,36)(H,32,37). The summed E-state index contributed by atoms with van der Waals surface area (Å²) in [6.45, 7) is 2.16. The van der Waals surface area contributed by atoms with Gasteiger partial charge in [0.25, 0.3) is 0 Å². The van der Waals surface area contributed by atoms with Gasteiger partial charge < -0.3 is 29.8 Å². The molecule has 0 atom stereocenters. The monoisotopic (exact) mass is 683 g/mol. The minimum Gasteiger partial charge on any atom is -0.449 e. The predicted octanol–water partition coefficient (Wildman–Crippen LogP) is 2.51. The van der Waals surface area contributed by atoms with Crippen molar-refractivity contribution in [3.05, 3.63) is 36.1 Å². The zero-order valence-corrected chi connectivity index (χ0v) is 28.2. The largest absolute Gasteiger partial charge is 0.449 e. The molecule has 2 amide bonds. The molecule has 1 heterocycles. The number of Topliss-reactive ketones (excluding diaryl/α,β-unsaturated/α-hetero) is 1. The molecule has 0 fully saturated rings. The minimum absolute atomic E-state index is 0.0121. The highest BCUT2D eigenvalue weighted by Gasteiger charge is 2.25. The fraction of sp³-hybridized carbons (Fsp3) is 0.483. The lowest BCUT2D eigenvalue weighted by Gasteiger charge is -2.14. The number of furan rings is 1. The summed E-state index contributed by atoms with van der Waals surface area (Å²) in [7, 11) is -0.764. The van der Waals surface area contributed by atoms with E-state index in [4.69, 9.17) is 13.9 Å². The molecule has 3 aromatic rings. The van der Waals surface area contributed by atoms with Crippen LogP contribution in [-0.4, -0.2) is 109 Å². The number of fused-ring (bicyclic) bond motifs is 2. The average Bonchev–Trinajstić information content (AvgIpc) is 3.44. The second-order valence-electron chi connectivity index (χ2n) is 10.8. The van der Waals surface area contributed by atoms with Gasteiger partial charge in [0.1, 0.15) is 0 Å². The molecular formula is C29H41N5O10S2. The van der Waals surface area contributed by atoms with E-state index in [0.717, 1.165) is 4.31 Å². The topological polar surface area (TPSA) is 194 Å². The van der Waals surface area contributed by atoms with Crippen LogP contribution < -0.4 is 25.4 Å². The van der Waals surface area contributed by atoms with Crippen molar-refractivity contribution < 1.29 is 45.1 Å². The summed E-state index contributed by atoms with van der Waals surface area (Å²) in [6, 6.07) is 8.12. The number of unbranched alkanes of at least 4 members (excludes halogenated alkanes) is 2. The van der Waals surface area contributed by atoms with Crippen LogP contribution in [0.1, 0.15) is 36.7 Å². The van der Waals surface area contributed by atoms with Crippen LogP contribution in [0.3, 0.4) is 0 Å². The van der Waals surface area contributed by atoms with Crippen molar-refractivity contribution in [2.24, 2.45) is 0 Å². The molecule has 15 nitrogen and oxygen atoms in total. The van der Waals surface area contributed by atoms with Crippen LogP contribution in [0.25, 0.3) is 21.7 Å². The molecule has 17 heteroatoms. The minimum atomic E-state index is -3.34. The molecule has 0 unspecified atom stereocenters. The van der Waals surface area contributed by atoms with Crippen LogP contribution in [-0.2, 0) is 20.0 Å². The normalized spacial score (nSPS) is 12.2. The summed E-state index contributed by atoms with van der Waals surface area (Å²) in [5.74, 6) is -0.404. The van der Waals surface area contributed by atoms with Crippen molar-refractivity contribution in [1.82, 2.24) is 24.6 Å². The van der Waals surface area contributed by atoms with E-state index in [9.17, 15) is 31.2 Å². The van der Waals surface area contributed by atoms with Crippen LogP contribution >= 0.6 is 0 Å². The highest BCUT2D eigenvalue weighted by atomic mass is 32.2. The molecule has 2 aromatic carbocycles. The summed E-state index contributed by atoms with van der Waals surface area (Å²) in [4.78, 5) is 37.8. The van der Waals surface area contributed by atoms with E-state index >= 15 is 0 Å². The number of nitrogens with zero attached hydrogens (tertiary/aromatic N) is 2. The van der Waals surface area contributed by atoms with Gasteiger partial charge in [-0.3, -0.25) is 4.79 Å². The van der Waals surface area contributed by atoms with Crippen LogP contribution in [0.15, 0.2) is 34.7 Å². The van der Waals surface area contributed by atoms with E-state index in [1.807, 2.05) is 0 Å². The molecule has 0 aliphatic carbocycles. The molecule has 0 saturated carbocycles. The lowest BCUT2D eigenvalue weighted by Crippen LogP contribution is -2.36. The lowest BCUT2D eigenvalue weighted by molar-refractivity contribution is 0.0989. The number of ether oxygens (including phenoxy) is 2. The van der Waals surface area contributed by atoms with Gasteiger partial charge in [0.2, 0.25) is 20.0 Å². The third-order valence-electron chi connectivity index (χ3n) is 6.90. The Bertz CT molecular complexity index is 1650. The summed E-state index contributed by atoms with van der Waals surface area (Å²) in [5.41, 5.74) is 0.0273. The van der Waals surface area contributed by atoms with Gasteiger partial charge in [-0.1, -0.05) is 30.7 Å². The van der Waals surface area contributed by atoms with Crippen molar-refractivity contribution in [1.29, 1.82) is 0 Å². The van der Waals surface area contributed by atoms with Crippen molar-refractivity contribution in [2.45, 2.75) is 26.2 Å². The molecule has 3 N–H and O–H groups in total. The maximum atomic E-state index is 12.8. The Hall–Kier alpha value is -3.77. The van der Waals surface area contributed by atoms with Crippen molar-refractivity contribution in [3.8, 4) is 11.5 Å². The van der Waals surface area contributed by atoms with Crippen LogP contribution in [0.2, 0.25) is 0 Å². The van der Waals surface area contributed by atoms with E-state index in [1.54, 1.807) is 24.3 Å². The first-order valence-electron chi connectivity index (χ1n) is 14.6. The number of hydrogen-bond donors (Lipinski definition) is 3. The number of benzene rings is 2. The maximum Gasteiger partial charge on any atom is 0.412 e. The molecule has 0 spiro atoms. The Morgan fingerprint density at radius 3 is 1.89 bits per heavy atom. The average molecular weight is 684 g/mol. The Morgan fingerprint density at radius 1 is 0.717 bits per heavy atom. The van der Waals surface area contributed by atoms with Gasteiger partial charge in [0.05, 0.1) is 16.9 Å². The number of nitrogens with one attached hydrogen (secondary N) is 3. The van der Waals surface area contributed by atoms with E-state index in [-0.39, 0.29) is 65.9 Å². The first kappa shape index (κ1) is 36.7. The third-order valence-corrected chi connectivity index (χ3v) is 10.7. The van der Waals surface area contributed by atoms with Gasteiger partial charge in [0.15, 0.2) is 28.6 Å². The zero-order valence-electron chi connectivity index (χ0n) is 26.5. The van der Waals surface area contributed by atoms with E-state index in [2.05, 4.69) is 16.0 Å². The van der Waals surface area contributed by atoms with Crippen LogP contribution in [0, 0.1) is 0 Å². The molecule has 46 heavy (non-hydrogen) atoms. The molecule has 0 radical (unpaired) electrons. The number of sulfonamides is 2. The SMILES string of the molecule is CC(=O)c1cc2c(OC(=O)NCCNCCS(=O)(=O)N(C)C)c3ccccc3c(OC(=O)NCCCCCS(=O)(=O)N(C)C)c2o1. The Labute approximate surface area is 268 Å². The number of hydrogen-bond acceptors (Lipinski definition) is 11. The van der Waals surface area contributed by atoms with E-state index in [1.165, 1.54) is 45.5 Å². The molecule has 3 rings (SSSR count). The van der Waals surface area contributed by atoms with Crippen LogP contribution in [0.5, 0.6) is 11.5 Å². The highest BCUT2D eigenvalue weighted by molar-refractivity contribution is 7.89. The molecule has 0 saturated heterocycles. The number of amides is 2. The Kier molecular flexibility index (Phi) is 12.9. The maximum absolute atomic E-state index is 12.8. The number of rotatable bonds is 17. The number of carbonyl (C=O) groups excluding carboxylic acids is 3. The fourth-order valence-electron chi connectivity index (χ4n) is 4.24. The molecule has 0 aliphatic rings. The molecule has 0 aliphatic heterocycles. The van der Waals surface area contributed by atoms with Gasteiger partial charge in [-0.15, -0.1) is 0 Å². The molecule has 254 valence electrons. The number of ketones is 1. The van der Waals surface area contributed by atoms with Gasteiger partial charge >= 0.3 is 12.2 Å². The van der Waals surface area contributed by atoms with Crippen molar-refractivity contribution >= 4 is 59.8 Å². The fourth-order valence-corrected chi connectivity index (χ4v) is 5.94. The third kappa shape index (κ3) is 9.86. The Balaban J connectivity index is 1.71. The molecule has 1 aromatic heterocycles. The van der Waals surface area contributed by atoms with Crippen LogP contribution in [0.4, 0.5) is 9.59 Å². The first-order valence-corrected chi connectivity index (χ1v) is 17.8. The Morgan fingerprint density at radius 2 is 1.28 bits per heavy atom. The van der Waals surface area contributed by atoms with Gasteiger partial charge in [-0.25, -0.2) is 35.0 Å². The summed E-state index contributed by atoms with van der Waals surface area (Å²) >= 11 is 0. The zero-order chi connectivity index (χ0) is 34.1.